The van der Waals surface area contributed by atoms with E-state index in [1.807, 2.05) is 0 Å². The summed E-state index contributed by atoms with van der Waals surface area (Å²) in [6.45, 7) is 12.6. The van der Waals surface area contributed by atoms with Gasteiger partial charge in [0.1, 0.15) is 0 Å². The molecule has 0 aromatic carbocycles. The molecule has 7 nitrogen and oxygen atoms in total. The van der Waals surface area contributed by atoms with E-state index >= 15 is 0 Å². The average Bonchev–Trinajstić information content (AvgIpc) is 3.09. The van der Waals surface area contributed by atoms with E-state index in [0.717, 1.165) is 78.1 Å². The lowest BCUT2D eigenvalue weighted by atomic mass is 10.2. The van der Waals surface area contributed by atoms with Gasteiger partial charge in [0, 0.05) is 51.9 Å². The van der Waals surface area contributed by atoms with Crippen LogP contribution in [-0.2, 0) is 9.47 Å². The summed E-state index contributed by atoms with van der Waals surface area (Å²) in [5, 5.41) is 3.46. The normalized spacial score (nSPS) is 30.8. The summed E-state index contributed by atoms with van der Waals surface area (Å²) >= 11 is 0. The van der Waals surface area contributed by atoms with E-state index in [-0.39, 0.29) is 6.10 Å². The summed E-state index contributed by atoms with van der Waals surface area (Å²) in [7, 11) is 2.15. The molecule has 0 bridgehead atoms. The highest BCUT2D eigenvalue weighted by Crippen LogP contribution is 2.17. The molecule has 3 aliphatic rings. The average molecular weight is 339 g/mol. The van der Waals surface area contributed by atoms with Gasteiger partial charge in [0.05, 0.1) is 32.5 Å². The Morgan fingerprint density at radius 2 is 1.96 bits per heavy atom. The quantitative estimate of drug-likeness (QED) is 0.560. The van der Waals surface area contributed by atoms with Crippen LogP contribution in [-0.4, -0.2) is 112 Å². The predicted molar refractivity (Wildman–Crippen MR) is 95.6 cm³/mol. The van der Waals surface area contributed by atoms with Crippen molar-refractivity contribution in [3.05, 3.63) is 0 Å². The van der Waals surface area contributed by atoms with Gasteiger partial charge in [-0.05, 0) is 20.4 Å². The zero-order valence-corrected chi connectivity index (χ0v) is 15.2. The molecule has 138 valence electrons. The molecule has 3 heterocycles. The van der Waals surface area contributed by atoms with Gasteiger partial charge in [-0.25, -0.2) is 0 Å². The highest BCUT2D eigenvalue weighted by atomic mass is 16.5. The van der Waals surface area contributed by atoms with Gasteiger partial charge >= 0.3 is 0 Å². The second-order valence-corrected chi connectivity index (χ2v) is 6.99. The fraction of sp³-hybridized carbons (Fsp3) is 0.941. The van der Waals surface area contributed by atoms with E-state index < -0.39 is 0 Å². The van der Waals surface area contributed by atoms with Crippen LogP contribution >= 0.6 is 0 Å². The Morgan fingerprint density at radius 3 is 2.71 bits per heavy atom. The lowest BCUT2D eigenvalue weighted by molar-refractivity contribution is -0.0137. The molecule has 0 aromatic rings. The van der Waals surface area contributed by atoms with E-state index in [0.29, 0.717) is 6.04 Å². The minimum Gasteiger partial charge on any atom is -0.379 e. The Labute approximate surface area is 146 Å². The van der Waals surface area contributed by atoms with Crippen LogP contribution in [0.5, 0.6) is 0 Å². The van der Waals surface area contributed by atoms with Crippen LogP contribution in [0.4, 0.5) is 0 Å². The molecule has 2 unspecified atom stereocenters. The van der Waals surface area contributed by atoms with Crippen LogP contribution in [0.2, 0.25) is 0 Å². The molecule has 0 radical (unpaired) electrons. The first kappa shape index (κ1) is 17.9. The van der Waals surface area contributed by atoms with Crippen molar-refractivity contribution in [2.45, 2.75) is 25.5 Å². The lowest BCUT2D eigenvalue weighted by Gasteiger charge is -2.32. The maximum atomic E-state index is 5.84. The van der Waals surface area contributed by atoms with Crippen LogP contribution < -0.4 is 5.32 Å². The van der Waals surface area contributed by atoms with Crippen LogP contribution in [0.25, 0.3) is 0 Å². The third kappa shape index (κ3) is 4.81. The molecule has 3 saturated heterocycles. The van der Waals surface area contributed by atoms with E-state index in [1.165, 1.54) is 6.42 Å². The van der Waals surface area contributed by atoms with Crippen molar-refractivity contribution < 1.29 is 9.47 Å². The van der Waals surface area contributed by atoms with E-state index in [1.54, 1.807) is 0 Å². The summed E-state index contributed by atoms with van der Waals surface area (Å²) in [6.07, 6.45) is 1.43. The van der Waals surface area contributed by atoms with Gasteiger partial charge in [0.25, 0.3) is 0 Å². The van der Waals surface area contributed by atoms with Crippen molar-refractivity contribution in [3.8, 4) is 0 Å². The predicted octanol–water partition coefficient (Wildman–Crippen LogP) is -0.311. The third-order valence-electron chi connectivity index (χ3n) is 5.15. The van der Waals surface area contributed by atoms with Crippen molar-refractivity contribution in [3.63, 3.8) is 0 Å². The first-order valence-electron chi connectivity index (χ1n) is 9.41. The fourth-order valence-electron chi connectivity index (χ4n) is 3.77. The summed E-state index contributed by atoms with van der Waals surface area (Å²) < 4.78 is 11.3. The molecule has 3 aliphatic heterocycles. The number of hydrogen-bond acceptors (Lipinski definition) is 5. The Kier molecular flexibility index (Phi) is 6.71. The Morgan fingerprint density at radius 1 is 1.12 bits per heavy atom. The van der Waals surface area contributed by atoms with Gasteiger partial charge < -0.3 is 24.6 Å². The zero-order valence-electron chi connectivity index (χ0n) is 15.2. The number of morpholine rings is 2. The maximum Gasteiger partial charge on any atom is 0.194 e. The Hall–Kier alpha value is -0.890. The van der Waals surface area contributed by atoms with E-state index in [4.69, 9.17) is 14.5 Å². The van der Waals surface area contributed by atoms with Crippen molar-refractivity contribution in [1.82, 2.24) is 20.0 Å². The highest BCUT2D eigenvalue weighted by molar-refractivity contribution is 5.80. The van der Waals surface area contributed by atoms with Crippen molar-refractivity contribution in [1.29, 1.82) is 0 Å². The first-order chi connectivity index (χ1) is 11.8. The number of nitrogens with one attached hydrogen (secondary N) is 1. The molecule has 0 aliphatic carbocycles. The summed E-state index contributed by atoms with van der Waals surface area (Å²) in [4.78, 5) is 12.2. The lowest BCUT2D eigenvalue weighted by Crippen LogP contribution is -2.47. The smallest absolute Gasteiger partial charge is 0.194 e. The molecule has 0 spiro atoms. The molecule has 3 rings (SSSR count). The summed E-state index contributed by atoms with van der Waals surface area (Å²) in [5.41, 5.74) is 0. The SMILES string of the molecule is CCNC(=NCC1CN(C)CCO1)N1CCC(N2CCOCC2)C1. The summed E-state index contributed by atoms with van der Waals surface area (Å²) in [6, 6.07) is 0.634. The third-order valence-corrected chi connectivity index (χ3v) is 5.15. The standard InChI is InChI=1S/C17H33N5O2/c1-3-18-17(19-12-16-14-20(2)6-11-24-16)22-5-4-15(13-22)21-7-9-23-10-8-21/h15-16H,3-14H2,1-2H3,(H,18,19). The molecular formula is C17H33N5O2. The molecule has 0 aromatic heterocycles. The van der Waals surface area contributed by atoms with Gasteiger partial charge in [-0.15, -0.1) is 0 Å². The first-order valence-corrected chi connectivity index (χ1v) is 9.41. The minimum absolute atomic E-state index is 0.218. The maximum absolute atomic E-state index is 5.84. The molecule has 7 heteroatoms. The summed E-state index contributed by atoms with van der Waals surface area (Å²) in [5.74, 6) is 1.05. The number of guanidine groups is 1. The number of rotatable bonds is 4. The highest BCUT2D eigenvalue weighted by Gasteiger charge is 2.30. The van der Waals surface area contributed by atoms with Gasteiger partial charge in [0.15, 0.2) is 5.96 Å². The van der Waals surface area contributed by atoms with E-state index in [9.17, 15) is 0 Å². The molecule has 0 amide bonds. The number of ether oxygens (including phenoxy) is 2. The van der Waals surface area contributed by atoms with Crippen molar-refractivity contribution in [2.75, 3.05) is 79.2 Å². The molecule has 1 N–H and O–H groups in total. The molecule has 2 atom stereocenters. The van der Waals surface area contributed by atoms with E-state index in [2.05, 4.69) is 34.0 Å². The largest absolute Gasteiger partial charge is 0.379 e. The second kappa shape index (κ2) is 8.99. The molecule has 3 fully saturated rings. The Balaban J connectivity index is 1.53. The van der Waals surface area contributed by atoms with Crippen LogP contribution in [0.15, 0.2) is 4.99 Å². The van der Waals surface area contributed by atoms with Crippen LogP contribution in [0.3, 0.4) is 0 Å². The number of likely N-dealkylation sites (N-methyl/N-ethyl adjacent to an activating group) is 1. The second-order valence-electron chi connectivity index (χ2n) is 6.99. The van der Waals surface area contributed by atoms with Crippen LogP contribution in [0, 0.1) is 0 Å². The minimum atomic E-state index is 0.218. The van der Waals surface area contributed by atoms with Crippen LogP contribution in [0.1, 0.15) is 13.3 Å². The van der Waals surface area contributed by atoms with Gasteiger partial charge in [0.2, 0.25) is 0 Å². The van der Waals surface area contributed by atoms with Crippen molar-refractivity contribution in [2.24, 2.45) is 4.99 Å². The number of aliphatic imine (C=N–C) groups is 1. The molecule has 24 heavy (non-hydrogen) atoms. The number of likely N-dealkylation sites (tertiary alicyclic amines) is 1. The van der Waals surface area contributed by atoms with Crippen molar-refractivity contribution >= 4 is 5.96 Å². The van der Waals surface area contributed by atoms with Gasteiger partial charge in [-0.2, -0.15) is 0 Å². The molecular weight excluding hydrogens is 306 g/mol. The monoisotopic (exact) mass is 339 g/mol. The molecule has 0 saturated carbocycles. The zero-order chi connectivity index (χ0) is 16.8. The topological polar surface area (TPSA) is 52.6 Å². The van der Waals surface area contributed by atoms with Gasteiger partial charge in [-0.3, -0.25) is 9.89 Å². The number of nitrogens with zero attached hydrogens (tertiary/aromatic N) is 4. The Bertz CT molecular complexity index is 414. The number of hydrogen-bond donors (Lipinski definition) is 1. The fourth-order valence-corrected chi connectivity index (χ4v) is 3.77. The van der Waals surface area contributed by atoms with Gasteiger partial charge in [-0.1, -0.05) is 0 Å².